The minimum absolute atomic E-state index is 0.244. The third kappa shape index (κ3) is 6.23. The smallest absolute Gasteiger partial charge is 0.326 e. The number of carboxylic acids is 1. The van der Waals surface area contributed by atoms with Gasteiger partial charge < -0.3 is 20.1 Å². The van der Waals surface area contributed by atoms with Crippen molar-refractivity contribution in [1.82, 2.24) is 10.3 Å². The van der Waals surface area contributed by atoms with Gasteiger partial charge in [0.15, 0.2) is 0 Å². The molecule has 3 N–H and O–H groups in total. The first-order valence-electron chi connectivity index (χ1n) is 8.47. The van der Waals surface area contributed by atoms with Gasteiger partial charge in [-0.05, 0) is 56.3 Å². The summed E-state index contributed by atoms with van der Waals surface area (Å²) in [6.07, 6.45) is 2.93. The first-order chi connectivity index (χ1) is 11.7. The number of carbonyl (C=O) groups excluding carboxylic acids is 1. The van der Waals surface area contributed by atoms with E-state index >= 15 is 0 Å². The van der Waals surface area contributed by atoms with Crippen LogP contribution in [0.15, 0.2) is 30.5 Å². The van der Waals surface area contributed by atoms with Crippen LogP contribution in [0, 0.1) is 0 Å². The Balaban J connectivity index is 1.82. The van der Waals surface area contributed by atoms with Crippen LogP contribution in [-0.4, -0.2) is 40.2 Å². The topological polar surface area (TPSA) is 91.4 Å². The number of aliphatic carboxylic acids is 1. The molecule has 0 spiro atoms. The number of aromatic nitrogens is 1. The number of hydrogen-bond donors (Lipinski definition) is 3. The maximum atomic E-state index is 12.1. The number of aromatic amines is 1. The maximum absolute atomic E-state index is 12.1. The molecule has 0 aliphatic heterocycles. The van der Waals surface area contributed by atoms with Crippen molar-refractivity contribution in [2.75, 3.05) is 6.61 Å². The summed E-state index contributed by atoms with van der Waals surface area (Å²) in [5.74, 6) is -1.31. The number of carbonyl (C=O) groups is 2. The Morgan fingerprint density at radius 2 is 2.04 bits per heavy atom. The van der Waals surface area contributed by atoms with Crippen molar-refractivity contribution in [2.24, 2.45) is 0 Å². The molecule has 0 aliphatic rings. The van der Waals surface area contributed by atoms with Crippen molar-refractivity contribution in [3.8, 4) is 0 Å². The molecule has 1 amide bonds. The Morgan fingerprint density at radius 1 is 1.28 bits per heavy atom. The summed E-state index contributed by atoms with van der Waals surface area (Å²) >= 11 is 0. The van der Waals surface area contributed by atoms with E-state index in [2.05, 4.69) is 10.3 Å². The summed E-state index contributed by atoms with van der Waals surface area (Å²) in [7, 11) is 0. The number of aryl methyl sites for hydroxylation is 1. The molecule has 2 rings (SSSR count). The third-order valence-corrected chi connectivity index (χ3v) is 3.83. The van der Waals surface area contributed by atoms with Crippen LogP contribution < -0.4 is 5.32 Å². The van der Waals surface area contributed by atoms with Gasteiger partial charge in [0.05, 0.1) is 5.60 Å². The monoisotopic (exact) mass is 346 g/mol. The number of ether oxygens (including phenoxy) is 1. The fourth-order valence-corrected chi connectivity index (χ4v) is 2.52. The summed E-state index contributed by atoms with van der Waals surface area (Å²) < 4.78 is 5.54. The van der Waals surface area contributed by atoms with E-state index in [9.17, 15) is 14.7 Å². The van der Waals surface area contributed by atoms with Gasteiger partial charge in [0, 0.05) is 31.2 Å². The minimum Gasteiger partial charge on any atom is -0.480 e. The van der Waals surface area contributed by atoms with E-state index in [0.29, 0.717) is 6.42 Å². The molecule has 1 heterocycles. The lowest BCUT2D eigenvalue weighted by Gasteiger charge is -2.21. The Morgan fingerprint density at radius 3 is 2.72 bits per heavy atom. The highest BCUT2D eigenvalue weighted by atomic mass is 16.5. The fourth-order valence-electron chi connectivity index (χ4n) is 2.52. The molecule has 1 atom stereocenters. The summed E-state index contributed by atoms with van der Waals surface area (Å²) in [4.78, 5) is 26.5. The first-order valence-corrected chi connectivity index (χ1v) is 8.47. The molecular weight excluding hydrogens is 320 g/mol. The second-order valence-corrected chi connectivity index (χ2v) is 7.11. The van der Waals surface area contributed by atoms with Gasteiger partial charge in [-0.3, -0.25) is 4.79 Å². The highest BCUT2D eigenvalue weighted by molar-refractivity contribution is 5.84. The van der Waals surface area contributed by atoms with Crippen molar-refractivity contribution >= 4 is 22.8 Å². The summed E-state index contributed by atoms with van der Waals surface area (Å²) in [5.41, 5.74) is 1.77. The van der Waals surface area contributed by atoms with Crippen LogP contribution in [0.5, 0.6) is 0 Å². The molecule has 0 bridgehead atoms. The van der Waals surface area contributed by atoms with Gasteiger partial charge in [0.2, 0.25) is 5.91 Å². The van der Waals surface area contributed by atoms with Crippen LogP contribution in [0.25, 0.3) is 10.9 Å². The largest absolute Gasteiger partial charge is 0.480 e. The summed E-state index contributed by atoms with van der Waals surface area (Å²) in [6.45, 7) is 6.00. The van der Waals surface area contributed by atoms with Gasteiger partial charge in [0.25, 0.3) is 0 Å². The molecule has 2 aromatic rings. The lowest BCUT2D eigenvalue weighted by Crippen LogP contribution is -2.42. The van der Waals surface area contributed by atoms with Crippen LogP contribution in [-0.2, 0) is 20.7 Å². The molecule has 1 unspecified atom stereocenters. The van der Waals surface area contributed by atoms with Gasteiger partial charge in [0.1, 0.15) is 6.04 Å². The number of rotatable bonds is 8. The third-order valence-electron chi connectivity index (χ3n) is 3.83. The second kappa shape index (κ2) is 8.16. The van der Waals surface area contributed by atoms with Crippen LogP contribution in [0.3, 0.4) is 0 Å². The molecule has 0 saturated heterocycles. The number of H-pyrrole nitrogens is 1. The molecule has 0 fully saturated rings. The first kappa shape index (κ1) is 19.0. The predicted octanol–water partition coefficient (Wildman–Crippen LogP) is 2.88. The molecule has 0 radical (unpaired) electrons. The maximum Gasteiger partial charge on any atom is 0.326 e. The van der Waals surface area contributed by atoms with E-state index < -0.39 is 12.0 Å². The van der Waals surface area contributed by atoms with E-state index in [4.69, 9.17) is 4.74 Å². The number of fused-ring (bicyclic) bond motifs is 1. The van der Waals surface area contributed by atoms with Gasteiger partial charge in [-0.1, -0.05) is 6.07 Å². The zero-order chi connectivity index (χ0) is 18.4. The van der Waals surface area contributed by atoms with Crippen molar-refractivity contribution in [1.29, 1.82) is 0 Å². The van der Waals surface area contributed by atoms with Gasteiger partial charge >= 0.3 is 5.97 Å². The molecule has 6 nitrogen and oxygen atoms in total. The van der Waals surface area contributed by atoms with Crippen LogP contribution >= 0.6 is 0 Å². The van der Waals surface area contributed by atoms with E-state index in [1.807, 2.05) is 51.2 Å². The van der Waals surface area contributed by atoms with E-state index in [1.165, 1.54) is 0 Å². The summed E-state index contributed by atoms with van der Waals surface area (Å²) in [6, 6.07) is 7.03. The zero-order valence-electron chi connectivity index (χ0n) is 15.0. The molecule has 0 saturated carbocycles. The Hall–Kier alpha value is -2.34. The molecule has 0 aliphatic carbocycles. The molecule has 1 aromatic heterocycles. The Labute approximate surface area is 147 Å². The van der Waals surface area contributed by atoms with Crippen LogP contribution in [0.1, 0.15) is 39.2 Å². The number of benzene rings is 1. The minimum atomic E-state index is -1.04. The van der Waals surface area contributed by atoms with Gasteiger partial charge in [-0.25, -0.2) is 4.79 Å². The van der Waals surface area contributed by atoms with Gasteiger partial charge in [-0.15, -0.1) is 0 Å². The molecule has 6 heteroatoms. The number of carboxylic acid groups (broad SMARTS) is 1. The number of hydrogen-bond acceptors (Lipinski definition) is 3. The van der Waals surface area contributed by atoms with Crippen LogP contribution in [0.4, 0.5) is 0 Å². The van der Waals surface area contributed by atoms with E-state index in [-0.39, 0.29) is 31.0 Å². The lowest BCUT2D eigenvalue weighted by atomic mass is 10.1. The zero-order valence-corrected chi connectivity index (χ0v) is 15.0. The SMILES string of the molecule is CC(C)(C)OCCC(NC(=O)CCc1ccc2[nH]ccc2c1)C(=O)O. The van der Waals surface area contributed by atoms with Crippen molar-refractivity contribution < 1.29 is 19.4 Å². The number of amides is 1. The van der Waals surface area contributed by atoms with E-state index in [0.717, 1.165) is 16.5 Å². The quantitative estimate of drug-likeness (QED) is 0.685. The molecule has 25 heavy (non-hydrogen) atoms. The summed E-state index contributed by atoms with van der Waals surface area (Å²) in [5, 5.41) is 12.9. The fraction of sp³-hybridized carbons (Fsp3) is 0.474. The average Bonchev–Trinajstić information content (AvgIpc) is 2.98. The predicted molar refractivity (Wildman–Crippen MR) is 96.5 cm³/mol. The van der Waals surface area contributed by atoms with Crippen molar-refractivity contribution in [2.45, 2.75) is 51.7 Å². The highest BCUT2D eigenvalue weighted by Gasteiger charge is 2.21. The molecule has 136 valence electrons. The average molecular weight is 346 g/mol. The van der Waals surface area contributed by atoms with Crippen molar-refractivity contribution in [3.63, 3.8) is 0 Å². The van der Waals surface area contributed by atoms with Crippen LogP contribution in [0.2, 0.25) is 0 Å². The standard InChI is InChI=1S/C19H26N2O4/c1-19(2,3)25-11-9-16(18(23)24)21-17(22)7-5-13-4-6-15-14(12-13)8-10-20-15/h4,6,8,10,12,16,20H,5,7,9,11H2,1-3H3,(H,21,22)(H,23,24). The van der Waals surface area contributed by atoms with Crippen molar-refractivity contribution in [3.05, 3.63) is 36.0 Å². The second-order valence-electron chi connectivity index (χ2n) is 7.11. The lowest BCUT2D eigenvalue weighted by molar-refractivity contribution is -0.142. The number of nitrogens with one attached hydrogen (secondary N) is 2. The van der Waals surface area contributed by atoms with Gasteiger partial charge in [-0.2, -0.15) is 0 Å². The molecule has 1 aromatic carbocycles. The highest BCUT2D eigenvalue weighted by Crippen LogP contribution is 2.15. The van der Waals surface area contributed by atoms with E-state index in [1.54, 1.807) is 0 Å². The Bertz CT molecular complexity index is 730. The Kier molecular flexibility index (Phi) is 6.20. The normalized spacial score (nSPS) is 12.9. The molecular formula is C19H26N2O4.